The number of hydrogen-bond donors (Lipinski definition) is 1. The number of halogens is 1. The summed E-state index contributed by atoms with van der Waals surface area (Å²) < 4.78 is 11.8. The number of rotatable bonds is 7. The van der Waals surface area contributed by atoms with Crippen molar-refractivity contribution in [3.63, 3.8) is 0 Å². The van der Waals surface area contributed by atoms with E-state index < -0.39 is 0 Å². The largest absolute Gasteiger partial charge is 0.493 e. The van der Waals surface area contributed by atoms with Gasteiger partial charge in [-0.3, -0.25) is 0 Å². The summed E-state index contributed by atoms with van der Waals surface area (Å²) in [5.74, 6) is 7.34. The minimum Gasteiger partial charge on any atom is -0.493 e. The van der Waals surface area contributed by atoms with Gasteiger partial charge in [0.05, 0.1) is 6.61 Å². The maximum absolute atomic E-state index is 6.16. The Bertz CT molecular complexity index is 731. The summed E-state index contributed by atoms with van der Waals surface area (Å²) in [7, 11) is 0. The van der Waals surface area contributed by atoms with Crippen LogP contribution >= 0.6 is 11.6 Å². The summed E-state index contributed by atoms with van der Waals surface area (Å²) in [6.07, 6.45) is 3.86. The number of nitrogens with two attached hydrogens (primary N) is 1. The Balaban J connectivity index is 1.48. The van der Waals surface area contributed by atoms with Crippen LogP contribution in [0.15, 0.2) is 53.6 Å². The van der Waals surface area contributed by atoms with E-state index in [-0.39, 0.29) is 0 Å². The molecule has 0 saturated carbocycles. The SMILES string of the molecule is N/N=C\N1CCC(COc2cccc(OCc3ccccc3Cl)c2)CC1. The monoisotopic (exact) mass is 373 g/mol. The van der Waals surface area contributed by atoms with Crippen LogP contribution < -0.4 is 15.3 Å². The highest BCUT2D eigenvalue weighted by Crippen LogP contribution is 2.24. The Labute approximate surface area is 159 Å². The first-order valence-electron chi connectivity index (χ1n) is 8.81. The van der Waals surface area contributed by atoms with Gasteiger partial charge in [-0.05, 0) is 37.0 Å². The molecule has 0 spiro atoms. The highest BCUT2D eigenvalue weighted by molar-refractivity contribution is 6.31. The molecule has 0 radical (unpaired) electrons. The van der Waals surface area contributed by atoms with Gasteiger partial charge in [0.2, 0.25) is 0 Å². The van der Waals surface area contributed by atoms with Crippen molar-refractivity contribution in [2.75, 3.05) is 19.7 Å². The summed E-state index contributed by atoms with van der Waals surface area (Å²) >= 11 is 6.16. The highest BCUT2D eigenvalue weighted by Gasteiger charge is 2.18. The second kappa shape index (κ2) is 9.34. The Morgan fingerprint density at radius 1 is 1.08 bits per heavy atom. The summed E-state index contributed by atoms with van der Waals surface area (Å²) in [5, 5.41) is 4.29. The number of hydrogen-bond acceptors (Lipinski definition) is 4. The van der Waals surface area contributed by atoms with Gasteiger partial charge in [0.25, 0.3) is 0 Å². The third kappa shape index (κ3) is 5.30. The lowest BCUT2D eigenvalue weighted by molar-refractivity contribution is 0.182. The van der Waals surface area contributed by atoms with Crippen LogP contribution in [0.4, 0.5) is 0 Å². The molecule has 138 valence electrons. The number of hydrazone groups is 1. The Hall–Kier alpha value is -2.40. The molecular weight excluding hydrogens is 350 g/mol. The minimum absolute atomic E-state index is 0.435. The topological polar surface area (TPSA) is 60.1 Å². The molecule has 2 N–H and O–H groups in total. The highest BCUT2D eigenvalue weighted by atomic mass is 35.5. The maximum Gasteiger partial charge on any atom is 0.123 e. The quantitative estimate of drug-likeness (QED) is 0.346. The molecule has 1 heterocycles. The number of piperidine rings is 1. The fourth-order valence-corrected chi connectivity index (χ4v) is 3.16. The first kappa shape index (κ1) is 18.4. The zero-order valence-corrected chi connectivity index (χ0v) is 15.4. The third-order valence-corrected chi connectivity index (χ3v) is 4.89. The van der Waals surface area contributed by atoms with Gasteiger partial charge in [0.1, 0.15) is 24.4 Å². The van der Waals surface area contributed by atoms with Crippen LogP contribution in [0.2, 0.25) is 5.02 Å². The Morgan fingerprint density at radius 3 is 2.54 bits per heavy atom. The fourth-order valence-electron chi connectivity index (χ4n) is 2.97. The van der Waals surface area contributed by atoms with Crippen LogP contribution in [0, 0.1) is 5.92 Å². The van der Waals surface area contributed by atoms with Crippen LogP contribution in [0.1, 0.15) is 18.4 Å². The van der Waals surface area contributed by atoms with E-state index in [0.29, 0.717) is 24.2 Å². The van der Waals surface area contributed by atoms with Crippen molar-refractivity contribution in [2.24, 2.45) is 16.9 Å². The Morgan fingerprint density at radius 2 is 1.81 bits per heavy atom. The smallest absolute Gasteiger partial charge is 0.123 e. The van der Waals surface area contributed by atoms with Crippen molar-refractivity contribution < 1.29 is 9.47 Å². The molecule has 5 nitrogen and oxygen atoms in total. The molecule has 26 heavy (non-hydrogen) atoms. The lowest BCUT2D eigenvalue weighted by Crippen LogP contribution is -2.34. The lowest BCUT2D eigenvalue weighted by atomic mass is 9.98. The van der Waals surface area contributed by atoms with Crippen LogP contribution in [0.25, 0.3) is 0 Å². The summed E-state index contributed by atoms with van der Waals surface area (Å²) in [6, 6.07) is 15.4. The van der Waals surface area contributed by atoms with Gasteiger partial charge in [-0.1, -0.05) is 35.9 Å². The minimum atomic E-state index is 0.435. The van der Waals surface area contributed by atoms with E-state index in [9.17, 15) is 0 Å². The molecule has 0 aliphatic carbocycles. The summed E-state index contributed by atoms with van der Waals surface area (Å²) in [4.78, 5) is 2.14. The summed E-state index contributed by atoms with van der Waals surface area (Å²) in [5.41, 5.74) is 0.966. The van der Waals surface area contributed by atoms with Crippen LogP contribution in [0.5, 0.6) is 11.5 Å². The first-order chi connectivity index (χ1) is 12.7. The number of ether oxygens (including phenoxy) is 2. The summed E-state index contributed by atoms with van der Waals surface area (Å²) in [6.45, 7) is 3.08. The second-order valence-corrected chi connectivity index (χ2v) is 6.82. The maximum atomic E-state index is 6.16. The third-order valence-electron chi connectivity index (χ3n) is 4.52. The van der Waals surface area contributed by atoms with E-state index in [0.717, 1.165) is 43.0 Å². The van der Waals surface area contributed by atoms with Gasteiger partial charge in [0, 0.05) is 29.7 Å². The molecule has 1 fully saturated rings. The second-order valence-electron chi connectivity index (χ2n) is 6.41. The molecule has 2 aromatic rings. The van der Waals surface area contributed by atoms with Gasteiger partial charge >= 0.3 is 0 Å². The van der Waals surface area contributed by atoms with Crippen molar-refractivity contribution >= 4 is 17.9 Å². The van der Waals surface area contributed by atoms with Crippen molar-refractivity contribution in [3.05, 3.63) is 59.1 Å². The molecule has 3 rings (SSSR count). The lowest BCUT2D eigenvalue weighted by Gasteiger charge is -2.30. The zero-order valence-electron chi connectivity index (χ0n) is 14.7. The van der Waals surface area contributed by atoms with Crippen molar-refractivity contribution in [2.45, 2.75) is 19.4 Å². The van der Waals surface area contributed by atoms with E-state index in [1.807, 2.05) is 48.5 Å². The van der Waals surface area contributed by atoms with E-state index in [1.165, 1.54) is 0 Å². The van der Waals surface area contributed by atoms with E-state index in [1.54, 1.807) is 6.34 Å². The van der Waals surface area contributed by atoms with Gasteiger partial charge in [-0.15, -0.1) is 0 Å². The van der Waals surface area contributed by atoms with Crippen molar-refractivity contribution in [3.8, 4) is 11.5 Å². The van der Waals surface area contributed by atoms with Crippen molar-refractivity contribution in [1.82, 2.24) is 4.90 Å². The predicted octanol–water partition coefficient (Wildman–Crippen LogP) is 3.91. The number of benzene rings is 2. The first-order valence-corrected chi connectivity index (χ1v) is 9.19. The molecular formula is C20H24ClN3O2. The average molecular weight is 374 g/mol. The predicted molar refractivity (Wildman–Crippen MR) is 105 cm³/mol. The molecule has 0 aromatic heterocycles. The van der Waals surface area contributed by atoms with Crippen molar-refractivity contribution in [1.29, 1.82) is 0 Å². The van der Waals surface area contributed by atoms with Crippen LogP contribution in [-0.4, -0.2) is 30.9 Å². The molecule has 0 atom stereocenters. The molecule has 1 saturated heterocycles. The van der Waals surface area contributed by atoms with E-state index >= 15 is 0 Å². The molecule has 0 unspecified atom stereocenters. The van der Waals surface area contributed by atoms with Crippen LogP contribution in [-0.2, 0) is 6.61 Å². The average Bonchev–Trinajstić information content (AvgIpc) is 2.67. The molecule has 0 bridgehead atoms. The van der Waals surface area contributed by atoms with Crippen LogP contribution in [0.3, 0.4) is 0 Å². The zero-order chi connectivity index (χ0) is 18.2. The standard InChI is InChI=1S/C20H24ClN3O2/c21-20-7-2-1-4-17(20)14-26-19-6-3-5-18(12-19)25-13-16-8-10-24(11-9-16)15-23-22/h1-7,12,15-16H,8-11,13-14,22H2/b23-15-. The normalized spacial score (nSPS) is 15.3. The van der Waals surface area contributed by atoms with Gasteiger partial charge in [0.15, 0.2) is 0 Å². The molecule has 2 aromatic carbocycles. The van der Waals surface area contributed by atoms with E-state index in [4.69, 9.17) is 26.9 Å². The number of likely N-dealkylation sites (tertiary alicyclic amines) is 1. The van der Waals surface area contributed by atoms with Gasteiger partial charge < -0.3 is 20.2 Å². The molecule has 0 amide bonds. The van der Waals surface area contributed by atoms with E-state index in [2.05, 4.69) is 10.0 Å². The molecule has 6 heteroatoms. The molecule has 1 aliphatic rings. The Kier molecular flexibility index (Phi) is 6.61. The van der Waals surface area contributed by atoms with Gasteiger partial charge in [-0.25, -0.2) is 0 Å². The fraction of sp³-hybridized carbons (Fsp3) is 0.350. The van der Waals surface area contributed by atoms with Gasteiger partial charge in [-0.2, -0.15) is 5.10 Å². The number of nitrogens with zero attached hydrogens (tertiary/aromatic N) is 2. The molecule has 1 aliphatic heterocycles.